The molecule has 0 unspecified atom stereocenters. The van der Waals surface area contributed by atoms with Gasteiger partial charge in [-0.05, 0) is 31.9 Å². The summed E-state index contributed by atoms with van der Waals surface area (Å²) in [6.07, 6.45) is 2.15. The van der Waals surface area contributed by atoms with Gasteiger partial charge in [0, 0.05) is 0 Å². The molecule has 1 nitrogen and oxygen atoms in total. The van der Waals surface area contributed by atoms with Crippen molar-refractivity contribution in [3.8, 4) is 0 Å². The zero-order chi connectivity index (χ0) is 12.0. The zero-order valence-electron chi connectivity index (χ0n) is 10.4. The Balaban J connectivity index is 2.49. The summed E-state index contributed by atoms with van der Waals surface area (Å²) in [5.74, 6) is 0. The quantitative estimate of drug-likeness (QED) is 0.676. The molecule has 0 N–H and O–H groups in total. The first-order chi connectivity index (χ1) is 7.58. The number of hydrogen-bond donors (Lipinski definition) is 0. The average Bonchev–Trinajstić information content (AvgIpc) is 2.21. The molecule has 16 heavy (non-hydrogen) atoms. The molecule has 0 amide bonds. The van der Waals surface area contributed by atoms with Crippen molar-refractivity contribution in [2.45, 2.75) is 20.8 Å². The first-order valence-corrected chi connectivity index (χ1v) is 5.54. The van der Waals surface area contributed by atoms with E-state index in [2.05, 4.69) is 50.8 Å². The van der Waals surface area contributed by atoms with Gasteiger partial charge in [0.15, 0.2) is 0 Å². The SMILES string of the molecule is C=C(C)COC/C(C)=C/c1ccc(C)cc1. The van der Waals surface area contributed by atoms with Crippen LogP contribution >= 0.6 is 0 Å². The topological polar surface area (TPSA) is 9.23 Å². The van der Waals surface area contributed by atoms with Crippen LogP contribution in [-0.2, 0) is 4.74 Å². The van der Waals surface area contributed by atoms with Crippen LogP contribution in [0.25, 0.3) is 6.08 Å². The third kappa shape index (κ3) is 4.94. The highest BCUT2D eigenvalue weighted by Crippen LogP contribution is 2.08. The van der Waals surface area contributed by atoms with Crippen molar-refractivity contribution in [3.63, 3.8) is 0 Å². The Morgan fingerprint density at radius 2 is 1.81 bits per heavy atom. The van der Waals surface area contributed by atoms with Crippen LogP contribution in [0.1, 0.15) is 25.0 Å². The van der Waals surface area contributed by atoms with Crippen LogP contribution in [-0.4, -0.2) is 13.2 Å². The van der Waals surface area contributed by atoms with E-state index < -0.39 is 0 Å². The van der Waals surface area contributed by atoms with Gasteiger partial charge in [-0.3, -0.25) is 0 Å². The first-order valence-electron chi connectivity index (χ1n) is 5.54. The monoisotopic (exact) mass is 216 g/mol. The molecule has 0 bridgehead atoms. The van der Waals surface area contributed by atoms with Crippen molar-refractivity contribution in [1.82, 2.24) is 0 Å². The van der Waals surface area contributed by atoms with E-state index in [0.29, 0.717) is 13.2 Å². The lowest BCUT2D eigenvalue weighted by molar-refractivity contribution is 0.181. The lowest BCUT2D eigenvalue weighted by atomic mass is 10.1. The second kappa shape index (κ2) is 6.29. The van der Waals surface area contributed by atoms with Gasteiger partial charge in [-0.2, -0.15) is 0 Å². The summed E-state index contributed by atoms with van der Waals surface area (Å²) in [5, 5.41) is 0. The fourth-order valence-corrected chi connectivity index (χ4v) is 1.38. The Morgan fingerprint density at radius 1 is 1.19 bits per heavy atom. The van der Waals surface area contributed by atoms with Gasteiger partial charge in [-0.1, -0.05) is 48.1 Å². The van der Waals surface area contributed by atoms with Gasteiger partial charge < -0.3 is 4.74 Å². The van der Waals surface area contributed by atoms with E-state index in [9.17, 15) is 0 Å². The molecule has 0 saturated heterocycles. The van der Waals surface area contributed by atoms with Crippen LogP contribution < -0.4 is 0 Å². The molecule has 1 aromatic carbocycles. The fourth-order valence-electron chi connectivity index (χ4n) is 1.38. The number of hydrogen-bond acceptors (Lipinski definition) is 1. The third-order valence-electron chi connectivity index (χ3n) is 2.17. The summed E-state index contributed by atoms with van der Waals surface area (Å²) >= 11 is 0. The molecule has 1 rings (SSSR count). The normalized spacial score (nSPS) is 11.6. The molecule has 0 aliphatic heterocycles. The predicted octanol–water partition coefficient (Wildman–Crippen LogP) is 3.99. The Hall–Kier alpha value is -1.34. The van der Waals surface area contributed by atoms with Gasteiger partial charge in [0.1, 0.15) is 0 Å². The highest BCUT2D eigenvalue weighted by Gasteiger charge is 1.93. The van der Waals surface area contributed by atoms with Gasteiger partial charge >= 0.3 is 0 Å². The van der Waals surface area contributed by atoms with Gasteiger partial charge in [0.25, 0.3) is 0 Å². The summed E-state index contributed by atoms with van der Waals surface area (Å²) in [6, 6.07) is 8.48. The molecule has 0 spiro atoms. The maximum absolute atomic E-state index is 5.48. The first kappa shape index (κ1) is 12.7. The predicted molar refractivity (Wildman–Crippen MR) is 70.5 cm³/mol. The number of rotatable bonds is 5. The number of ether oxygens (including phenoxy) is 1. The van der Waals surface area contributed by atoms with Crippen molar-refractivity contribution >= 4 is 6.08 Å². The maximum atomic E-state index is 5.48. The van der Waals surface area contributed by atoms with Crippen LogP contribution in [0.3, 0.4) is 0 Å². The van der Waals surface area contributed by atoms with E-state index in [1.807, 2.05) is 6.92 Å². The van der Waals surface area contributed by atoms with E-state index in [1.54, 1.807) is 0 Å². The standard InChI is InChI=1S/C15H20O/c1-12(2)10-16-11-14(4)9-15-7-5-13(3)6-8-15/h5-9H,1,10-11H2,2-4H3/b14-9+. The van der Waals surface area contributed by atoms with Crippen LogP contribution in [0.4, 0.5) is 0 Å². The van der Waals surface area contributed by atoms with Gasteiger partial charge in [0.05, 0.1) is 13.2 Å². The van der Waals surface area contributed by atoms with Crippen LogP contribution in [0, 0.1) is 6.92 Å². The zero-order valence-corrected chi connectivity index (χ0v) is 10.4. The summed E-state index contributed by atoms with van der Waals surface area (Å²) in [6.45, 7) is 11.3. The van der Waals surface area contributed by atoms with Crippen LogP contribution in [0.5, 0.6) is 0 Å². The molecule has 0 aromatic heterocycles. The van der Waals surface area contributed by atoms with Gasteiger partial charge in [-0.15, -0.1) is 0 Å². The maximum Gasteiger partial charge on any atom is 0.0681 e. The molecule has 0 radical (unpaired) electrons. The largest absolute Gasteiger partial charge is 0.373 e. The summed E-state index contributed by atoms with van der Waals surface area (Å²) in [4.78, 5) is 0. The molecule has 0 saturated carbocycles. The van der Waals surface area contributed by atoms with Crippen molar-refractivity contribution in [2.24, 2.45) is 0 Å². The summed E-state index contributed by atoms with van der Waals surface area (Å²) < 4.78 is 5.48. The second-order valence-electron chi connectivity index (χ2n) is 4.35. The van der Waals surface area contributed by atoms with E-state index in [4.69, 9.17) is 4.74 Å². The Labute approximate surface area is 98.5 Å². The van der Waals surface area contributed by atoms with E-state index >= 15 is 0 Å². The Kier molecular flexibility index (Phi) is 5.00. The highest BCUT2D eigenvalue weighted by molar-refractivity contribution is 5.52. The minimum Gasteiger partial charge on any atom is -0.373 e. The third-order valence-corrected chi connectivity index (χ3v) is 2.17. The Bertz CT molecular complexity index is 371. The van der Waals surface area contributed by atoms with Crippen LogP contribution in [0.2, 0.25) is 0 Å². The van der Waals surface area contributed by atoms with E-state index in [0.717, 1.165) is 5.57 Å². The molecular weight excluding hydrogens is 196 g/mol. The lowest BCUT2D eigenvalue weighted by Gasteiger charge is -2.04. The Morgan fingerprint density at radius 3 is 2.38 bits per heavy atom. The summed E-state index contributed by atoms with van der Waals surface area (Å²) in [7, 11) is 0. The minimum absolute atomic E-state index is 0.638. The van der Waals surface area contributed by atoms with Crippen molar-refractivity contribution in [1.29, 1.82) is 0 Å². The fraction of sp³-hybridized carbons (Fsp3) is 0.333. The minimum atomic E-state index is 0.638. The summed E-state index contributed by atoms with van der Waals surface area (Å²) in [5.41, 5.74) is 4.79. The molecule has 0 fully saturated rings. The molecule has 0 aliphatic carbocycles. The van der Waals surface area contributed by atoms with Gasteiger partial charge in [-0.25, -0.2) is 0 Å². The van der Waals surface area contributed by atoms with E-state index in [1.165, 1.54) is 16.7 Å². The molecule has 0 aliphatic rings. The molecule has 0 heterocycles. The molecule has 0 atom stereocenters. The molecule has 86 valence electrons. The van der Waals surface area contributed by atoms with Crippen molar-refractivity contribution in [2.75, 3.05) is 13.2 Å². The van der Waals surface area contributed by atoms with Crippen LogP contribution in [0.15, 0.2) is 42.0 Å². The smallest absolute Gasteiger partial charge is 0.0681 e. The lowest BCUT2D eigenvalue weighted by Crippen LogP contribution is -1.98. The molecular formula is C15H20O. The van der Waals surface area contributed by atoms with Gasteiger partial charge in [0.2, 0.25) is 0 Å². The second-order valence-corrected chi connectivity index (χ2v) is 4.35. The highest BCUT2D eigenvalue weighted by atomic mass is 16.5. The average molecular weight is 216 g/mol. The van der Waals surface area contributed by atoms with E-state index in [-0.39, 0.29) is 0 Å². The number of benzene rings is 1. The number of aryl methyl sites for hydroxylation is 1. The molecule has 1 aromatic rings. The van der Waals surface area contributed by atoms with Crippen molar-refractivity contribution in [3.05, 3.63) is 53.1 Å². The molecule has 1 heteroatoms. The van der Waals surface area contributed by atoms with Crippen molar-refractivity contribution < 1.29 is 4.74 Å².